The van der Waals surface area contributed by atoms with Gasteiger partial charge < -0.3 is 8.83 Å². The normalized spacial score (nSPS) is 11.5. The van der Waals surface area contributed by atoms with Gasteiger partial charge in [-0.25, -0.2) is 19.9 Å². The van der Waals surface area contributed by atoms with E-state index in [1.54, 1.807) is 0 Å². The highest BCUT2D eigenvalue weighted by Crippen LogP contribution is 2.39. The van der Waals surface area contributed by atoms with Crippen molar-refractivity contribution in [3.05, 3.63) is 170 Å². The van der Waals surface area contributed by atoms with Crippen LogP contribution in [0.2, 0.25) is 0 Å². The summed E-state index contributed by atoms with van der Waals surface area (Å²) < 4.78 is 12.5. The summed E-state index contributed by atoms with van der Waals surface area (Å²) in [4.78, 5) is 19.9. The molecule has 10 aromatic rings. The van der Waals surface area contributed by atoms with Crippen LogP contribution in [0.15, 0.2) is 179 Å². The number of aromatic nitrogens is 4. The van der Waals surface area contributed by atoms with Gasteiger partial charge >= 0.3 is 0 Å². The van der Waals surface area contributed by atoms with Gasteiger partial charge in [0.1, 0.15) is 16.7 Å². The highest BCUT2D eigenvalue weighted by atomic mass is 16.3. The van der Waals surface area contributed by atoms with E-state index >= 15 is 0 Å². The number of nitrogens with zero attached hydrogens (tertiary/aromatic N) is 4. The third kappa shape index (κ3) is 5.30. The quantitative estimate of drug-likeness (QED) is 0.175. The highest BCUT2D eigenvalue weighted by molar-refractivity contribution is 6.12. The monoisotopic (exact) mass is 668 g/mol. The fraction of sp³-hybridized carbons (Fsp3) is 0. The molecule has 0 unspecified atom stereocenters. The number of rotatable bonds is 6. The van der Waals surface area contributed by atoms with Gasteiger partial charge in [0, 0.05) is 33.0 Å². The highest BCUT2D eigenvalue weighted by Gasteiger charge is 2.19. The molecule has 52 heavy (non-hydrogen) atoms. The van der Waals surface area contributed by atoms with E-state index in [9.17, 15) is 0 Å². The van der Waals surface area contributed by atoms with Crippen LogP contribution in [0.25, 0.3) is 101 Å². The maximum Gasteiger partial charge on any atom is 0.227 e. The molecule has 0 saturated heterocycles. The molecule has 0 aliphatic carbocycles. The zero-order valence-electron chi connectivity index (χ0n) is 27.8. The summed E-state index contributed by atoms with van der Waals surface area (Å²) in [5.74, 6) is 2.37. The number of hydrogen-bond acceptors (Lipinski definition) is 6. The Morgan fingerprint density at radius 1 is 0.327 bits per heavy atom. The zero-order chi connectivity index (χ0) is 34.4. The van der Waals surface area contributed by atoms with E-state index in [-0.39, 0.29) is 0 Å². The first-order chi connectivity index (χ1) is 25.7. The second kappa shape index (κ2) is 12.3. The zero-order valence-corrected chi connectivity index (χ0v) is 27.8. The van der Waals surface area contributed by atoms with E-state index in [0.717, 1.165) is 77.5 Å². The summed E-state index contributed by atoms with van der Waals surface area (Å²) in [5, 5.41) is 1.92. The van der Waals surface area contributed by atoms with Crippen LogP contribution in [0, 0.1) is 0 Å². The first-order valence-corrected chi connectivity index (χ1v) is 17.1. The van der Waals surface area contributed by atoms with Crippen LogP contribution in [0.1, 0.15) is 0 Å². The number of furan rings is 1. The Morgan fingerprint density at radius 2 is 0.904 bits per heavy atom. The molecule has 3 aromatic heterocycles. The van der Waals surface area contributed by atoms with Crippen molar-refractivity contribution in [3.8, 4) is 67.9 Å². The van der Waals surface area contributed by atoms with Gasteiger partial charge in [0.05, 0.1) is 0 Å². The first-order valence-electron chi connectivity index (χ1n) is 17.1. The minimum Gasteiger partial charge on any atom is -0.456 e. The molecular weight excluding hydrogens is 641 g/mol. The smallest absolute Gasteiger partial charge is 0.227 e. The second-order valence-corrected chi connectivity index (χ2v) is 12.7. The first kappa shape index (κ1) is 29.7. The number of fused-ring (bicyclic) bond motifs is 4. The lowest BCUT2D eigenvalue weighted by Crippen LogP contribution is -2.00. The predicted molar refractivity (Wildman–Crippen MR) is 207 cm³/mol. The third-order valence-electron chi connectivity index (χ3n) is 9.37. The van der Waals surface area contributed by atoms with Gasteiger partial charge in [-0.15, -0.1) is 0 Å². The van der Waals surface area contributed by atoms with E-state index in [1.807, 2.05) is 103 Å². The van der Waals surface area contributed by atoms with Gasteiger partial charge in [-0.1, -0.05) is 121 Å². The SMILES string of the molecule is c1ccc(-c2cccc(-c3nc(-c4ccccc4)nc(-c4cccc5oc6ccc(-c7cccc(-c8nc9ccccc9o8)c7)cc6c45)n3)c2)cc1. The Morgan fingerprint density at radius 3 is 1.71 bits per heavy atom. The predicted octanol–water partition coefficient (Wildman–Crippen LogP) is 11.9. The topological polar surface area (TPSA) is 77.8 Å². The van der Waals surface area contributed by atoms with Crippen molar-refractivity contribution < 1.29 is 8.83 Å². The summed E-state index contributed by atoms with van der Waals surface area (Å²) in [6.45, 7) is 0. The Hall–Kier alpha value is -7.18. The second-order valence-electron chi connectivity index (χ2n) is 12.7. The van der Waals surface area contributed by atoms with Gasteiger partial charge in [0.2, 0.25) is 5.89 Å². The summed E-state index contributed by atoms with van der Waals surface area (Å²) >= 11 is 0. The van der Waals surface area contributed by atoms with Crippen LogP contribution in [0.3, 0.4) is 0 Å². The van der Waals surface area contributed by atoms with Gasteiger partial charge in [-0.05, 0) is 70.8 Å². The molecule has 6 heteroatoms. The van der Waals surface area contributed by atoms with Crippen molar-refractivity contribution >= 4 is 33.0 Å². The molecule has 0 amide bonds. The maximum absolute atomic E-state index is 6.43. The van der Waals surface area contributed by atoms with Crippen molar-refractivity contribution in [2.75, 3.05) is 0 Å². The molecule has 6 nitrogen and oxygen atoms in total. The van der Waals surface area contributed by atoms with E-state index in [2.05, 4.69) is 66.7 Å². The molecule has 0 radical (unpaired) electrons. The van der Waals surface area contributed by atoms with Crippen LogP contribution in [-0.2, 0) is 0 Å². The largest absolute Gasteiger partial charge is 0.456 e. The molecule has 0 saturated carbocycles. The van der Waals surface area contributed by atoms with Gasteiger partial charge in [0.25, 0.3) is 0 Å². The lowest BCUT2D eigenvalue weighted by atomic mass is 9.99. The molecule has 3 heterocycles. The summed E-state index contributed by atoms with van der Waals surface area (Å²) in [6.07, 6.45) is 0. The van der Waals surface area contributed by atoms with E-state index in [0.29, 0.717) is 23.4 Å². The molecule has 0 spiro atoms. The van der Waals surface area contributed by atoms with Crippen molar-refractivity contribution in [3.63, 3.8) is 0 Å². The van der Waals surface area contributed by atoms with E-state index in [1.165, 1.54) is 0 Å². The Kier molecular flexibility index (Phi) is 7.03. The molecule has 0 N–H and O–H groups in total. The van der Waals surface area contributed by atoms with Crippen LogP contribution < -0.4 is 0 Å². The van der Waals surface area contributed by atoms with Crippen molar-refractivity contribution in [2.45, 2.75) is 0 Å². The Bertz CT molecular complexity index is 2880. The lowest BCUT2D eigenvalue weighted by Gasteiger charge is -2.10. The minimum atomic E-state index is 0.575. The summed E-state index contributed by atoms with van der Waals surface area (Å²) in [5.41, 5.74) is 11.1. The van der Waals surface area contributed by atoms with Gasteiger partial charge in [-0.2, -0.15) is 0 Å². The van der Waals surface area contributed by atoms with Gasteiger partial charge in [-0.3, -0.25) is 0 Å². The molecule has 10 rings (SSSR count). The van der Waals surface area contributed by atoms with Crippen LogP contribution in [0.4, 0.5) is 0 Å². The number of oxazole rings is 1. The third-order valence-corrected chi connectivity index (χ3v) is 9.37. The number of para-hydroxylation sites is 2. The molecule has 0 aliphatic rings. The average molecular weight is 669 g/mol. The van der Waals surface area contributed by atoms with E-state index < -0.39 is 0 Å². The standard InChI is InChI=1S/C46H28N4O2/c1-3-12-29(13-4-1)31-16-9-18-34(26-31)44-48-43(30-14-5-2-6-15-30)49-45(50-44)36-20-11-23-41-42(36)37-28-33(24-25-39(37)51-41)32-17-10-19-35(27-32)46-47-38-21-7-8-22-40(38)52-46/h1-28H. The average Bonchev–Trinajstić information content (AvgIpc) is 3.83. The van der Waals surface area contributed by atoms with Crippen LogP contribution in [-0.4, -0.2) is 19.9 Å². The summed E-state index contributed by atoms with van der Waals surface area (Å²) in [7, 11) is 0. The lowest BCUT2D eigenvalue weighted by molar-refractivity contribution is 0.620. The molecule has 0 bridgehead atoms. The molecule has 0 fully saturated rings. The maximum atomic E-state index is 6.43. The summed E-state index contributed by atoms with van der Waals surface area (Å²) in [6, 6.07) is 57.2. The van der Waals surface area contributed by atoms with E-state index in [4.69, 9.17) is 28.8 Å². The molecule has 7 aromatic carbocycles. The Balaban J connectivity index is 1.12. The van der Waals surface area contributed by atoms with Crippen molar-refractivity contribution in [1.29, 1.82) is 0 Å². The van der Waals surface area contributed by atoms with Crippen LogP contribution >= 0.6 is 0 Å². The van der Waals surface area contributed by atoms with Crippen molar-refractivity contribution in [1.82, 2.24) is 19.9 Å². The fourth-order valence-electron chi connectivity index (χ4n) is 6.83. The minimum absolute atomic E-state index is 0.575. The van der Waals surface area contributed by atoms with Gasteiger partial charge in [0.15, 0.2) is 23.1 Å². The molecule has 0 atom stereocenters. The number of hydrogen-bond donors (Lipinski definition) is 0. The Labute approximate surface area is 298 Å². The molecule has 244 valence electrons. The van der Waals surface area contributed by atoms with Crippen molar-refractivity contribution in [2.24, 2.45) is 0 Å². The molecule has 0 aliphatic heterocycles. The molecular formula is C46H28N4O2. The van der Waals surface area contributed by atoms with Crippen LogP contribution in [0.5, 0.6) is 0 Å². The number of benzene rings is 7. The fourth-order valence-corrected chi connectivity index (χ4v) is 6.83.